The van der Waals surface area contributed by atoms with Crippen LogP contribution in [0.4, 0.5) is 11.4 Å². The first-order valence-corrected chi connectivity index (χ1v) is 14.7. The fraction of sp³-hybridized carbons (Fsp3) is 0.516. The number of dihydropyridines is 1. The molecule has 2 unspecified atom stereocenters. The van der Waals surface area contributed by atoms with Crippen molar-refractivity contribution in [2.24, 2.45) is 22.7 Å². The molecule has 0 spiro atoms. The lowest BCUT2D eigenvalue weighted by atomic mass is 9.85. The highest BCUT2D eigenvalue weighted by Crippen LogP contribution is 2.32. The molecule has 5 rings (SSSR count). The number of allylic oxidation sites excluding steroid dienone is 3. The first kappa shape index (κ1) is 28.1. The highest BCUT2D eigenvalue weighted by atomic mass is 16.1. The number of aryl methyl sites for hydroxylation is 1. The van der Waals surface area contributed by atoms with E-state index in [-0.39, 0.29) is 11.8 Å². The minimum absolute atomic E-state index is 0.0962. The second-order valence-corrected chi connectivity index (χ2v) is 11.6. The summed E-state index contributed by atoms with van der Waals surface area (Å²) >= 11 is 0. The molecule has 1 fully saturated rings. The Balaban J connectivity index is 1.29. The molecular weight excluding hydrogens is 500 g/mol. The van der Waals surface area contributed by atoms with Crippen LogP contribution in [0.2, 0.25) is 0 Å². The van der Waals surface area contributed by atoms with Crippen LogP contribution in [0.15, 0.2) is 64.2 Å². The summed E-state index contributed by atoms with van der Waals surface area (Å²) in [5.74, 6) is 1.10. The van der Waals surface area contributed by atoms with E-state index in [2.05, 4.69) is 83.3 Å². The Kier molecular flexibility index (Phi) is 8.71. The van der Waals surface area contributed by atoms with Crippen LogP contribution in [0, 0.1) is 24.7 Å². The van der Waals surface area contributed by atoms with Gasteiger partial charge in [0.15, 0.2) is 0 Å². The van der Waals surface area contributed by atoms with Gasteiger partial charge in [-0.1, -0.05) is 31.6 Å². The normalized spacial score (nSPS) is 25.8. The molecule has 0 aromatic carbocycles. The van der Waals surface area contributed by atoms with E-state index in [4.69, 9.17) is 4.99 Å². The highest BCUT2D eigenvalue weighted by Gasteiger charge is 2.25. The van der Waals surface area contributed by atoms with Crippen molar-refractivity contribution >= 4 is 23.5 Å². The Bertz CT molecular complexity index is 1260. The fourth-order valence-electron chi connectivity index (χ4n) is 6.14. The maximum Gasteiger partial charge on any atom is 0.255 e. The standard InChI is InChI=1S/C31H44N8O/c1-6-28-21(2)8-9-24(14-22(28)3)31(40)34-26-16-30(23(4)33-18-26)39-20-29(35-36-39)25-15-27(19-32-17-25)38-11-7-10-37(5)12-13-38/h9,14-16,18-21,25,28,35-36H,6-8,10-13,17H2,1-5H3,(H,34,40)/t21?,25?,28-/m1/s1. The quantitative estimate of drug-likeness (QED) is 0.496. The molecule has 40 heavy (non-hydrogen) atoms. The van der Waals surface area contributed by atoms with E-state index in [1.54, 1.807) is 6.20 Å². The minimum Gasteiger partial charge on any atom is -0.369 e. The summed E-state index contributed by atoms with van der Waals surface area (Å²) < 4.78 is 0. The number of nitrogens with one attached hydrogen (secondary N) is 3. The van der Waals surface area contributed by atoms with Crippen LogP contribution in [0.1, 0.15) is 45.7 Å². The lowest BCUT2D eigenvalue weighted by molar-refractivity contribution is -0.112. The van der Waals surface area contributed by atoms with Gasteiger partial charge in [-0.25, -0.2) is 0 Å². The molecule has 4 aliphatic rings. The molecule has 1 aromatic heterocycles. The summed E-state index contributed by atoms with van der Waals surface area (Å²) in [6, 6.07) is 1.97. The molecule has 214 valence electrons. The Morgan fingerprint density at radius 2 is 2.05 bits per heavy atom. The summed E-state index contributed by atoms with van der Waals surface area (Å²) in [5, 5.41) is 5.01. The smallest absolute Gasteiger partial charge is 0.255 e. The average Bonchev–Trinajstić information content (AvgIpc) is 3.27. The molecule has 1 saturated heterocycles. The van der Waals surface area contributed by atoms with Gasteiger partial charge in [0.1, 0.15) is 0 Å². The van der Waals surface area contributed by atoms with Crippen molar-refractivity contribution in [3.63, 3.8) is 0 Å². The van der Waals surface area contributed by atoms with Gasteiger partial charge in [-0.15, -0.1) is 5.53 Å². The van der Waals surface area contributed by atoms with Crippen LogP contribution in [-0.4, -0.2) is 66.7 Å². The van der Waals surface area contributed by atoms with E-state index in [0.29, 0.717) is 24.1 Å². The van der Waals surface area contributed by atoms with Crippen LogP contribution in [0.25, 0.3) is 0 Å². The number of carbonyl (C=O) groups excluding carboxylic acids is 1. The van der Waals surface area contributed by atoms with E-state index in [0.717, 1.165) is 68.1 Å². The van der Waals surface area contributed by atoms with E-state index >= 15 is 0 Å². The molecule has 1 aliphatic carbocycles. The van der Waals surface area contributed by atoms with Gasteiger partial charge in [-0.3, -0.25) is 19.8 Å². The monoisotopic (exact) mass is 544 g/mol. The summed E-state index contributed by atoms with van der Waals surface area (Å²) in [6.45, 7) is 13.6. The fourth-order valence-corrected chi connectivity index (χ4v) is 6.14. The summed E-state index contributed by atoms with van der Waals surface area (Å²) in [6.07, 6.45) is 15.4. The number of hydrogen-bond acceptors (Lipinski definition) is 8. The van der Waals surface area contributed by atoms with Gasteiger partial charge >= 0.3 is 0 Å². The number of carbonyl (C=O) groups is 1. The van der Waals surface area contributed by atoms with Gasteiger partial charge in [-0.2, -0.15) is 0 Å². The van der Waals surface area contributed by atoms with Crippen LogP contribution >= 0.6 is 0 Å². The number of likely N-dealkylation sites (N-methyl/N-ethyl adjacent to an activating group) is 1. The average molecular weight is 545 g/mol. The first-order valence-electron chi connectivity index (χ1n) is 14.7. The molecule has 1 aromatic rings. The predicted molar refractivity (Wildman–Crippen MR) is 162 cm³/mol. The lowest BCUT2D eigenvalue weighted by Gasteiger charge is -2.27. The number of aromatic nitrogens is 1. The van der Waals surface area contributed by atoms with E-state index in [9.17, 15) is 4.79 Å². The summed E-state index contributed by atoms with van der Waals surface area (Å²) in [4.78, 5) is 27.3. The summed E-state index contributed by atoms with van der Waals surface area (Å²) in [5.41, 5.74) is 13.3. The molecule has 3 N–H and O–H groups in total. The number of anilines is 2. The minimum atomic E-state index is -0.0962. The second kappa shape index (κ2) is 12.4. The van der Waals surface area contributed by atoms with Gasteiger partial charge in [0.2, 0.25) is 0 Å². The number of rotatable bonds is 6. The van der Waals surface area contributed by atoms with Crippen molar-refractivity contribution in [3.8, 4) is 0 Å². The zero-order valence-corrected chi connectivity index (χ0v) is 24.6. The maximum atomic E-state index is 13.2. The summed E-state index contributed by atoms with van der Waals surface area (Å²) in [7, 11) is 2.19. The number of nitrogens with zero attached hydrogens (tertiary/aromatic N) is 5. The largest absolute Gasteiger partial charge is 0.369 e. The third-order valence-corrected chi connectivity index (χ3v) is 8.61. The predicted octanol–water partition coefficient (Wildman–Crippen LogP) is 4.16. The number of amides is 1. The Labute approximate surface area is 238 Å². The van der Waals surface area contributed by atoms with Crippen molar-refractivity contribution in [2.75, 3.05) is 50.1 Å². The van der Waals surface area contributed by atoms with Crippen LogP contribution in [-0.2, 0) is 4.79 Å². The third-order valence-electron chi connectivity index (χ3n) is 8.61. The van der Waals surface area contributed by atoms with Gasteiger partial charge in [0, 0.05) is 43.5 Å². The third kappa shape index (κ3) is 6.31. The van der Waals surface area contributed by atoms with Gasteiger partial charge < -0.3 is 20.5 Å². The molecule has 0 radical (unpaired) electrons. The second-order valence-electron chi connectivity index (χ2n) is 11.6. The zero-order chi connectivity index (χ0) is 28.2. The lowest BCUT2D eigenvalue weighted by Crippen LogP contribution is -2.38. The number of hydrogen-bond donors (Lipinski definition) is 3. The molecule has 4 heterocycles. The van der Waals surface area contributed by atoms with Crippen LogP contribution in [0.5, 0.6) is 0 Å². The molecular formula is C31H44N8O. The van der Waals surface area contributed by atoms with Crippen molar-refractivity contribution in [1.82, 2.24) is 25.7 Å². The van der Waals surface area contributed by atoms with Crippen molar-refractivity contribution in [1.29, 1.82) is 0 Å². The van der Waals surface area contributed by atoms with E-state index < -0.39 is 0 Å². The first-order chi connectivity index (χ1) is 19.3. The van der Waals surface area contributed by atoms with Crippen molar-refractivity contribution in [3.05, 3.63) is 64.9 Å². The Morgan fingerprint density at radius 3 is 2.88 bits per heavy atom. The van der Waals surface area contributed by atoms with E-state index in [1.807, 2.05) is 24.2 Å². The molecule has 0 bridgehead atoms. The number of pyridine rings is 1. The topological polar surface area (TPSA) is 88.1 Å². The number of hydrazine groups is 2. The van der Waals surface area contributed by atoms with Gasteiger partial charge in [0.25, 0.3) is 5.91 Å². The van der Waals surface area contributed by atoms with Crippen molar-refractivity contribution < 1.29 is 4.79 Å². The van der Waals surface area contributed by atoms with Crippen LogP contribution in [0.3, 0.4) is 0 Å². The molecule has 1 amide bonds. The van der Waals surface area contributed by atoms with Gasteiger partial charge in [0.05, 0.1) is 41.2 Å². The van der Waals surface area contributed by atoms with Gasteiger partial charge in [-0.05, 0) is 70.7 Å². The SMILES string of the molecule is CC[C@H]1C(C)=CC(C(=O)Nc2cnc(C)c(N3C=C(C4C=C(N5CCCN(C)CC5)C=NC4)NN3)c2)=CCC1C. The van der Waals surface area contributed by atoms with Crippen molar-refractivity contribution in [2.45, 2.75) is 47.0 Å². The van der Waals surface area contributed by atoms with E-state index in [1.165, 1.54) is 11.3 Å². The molecule has 3 atom stereocenters. The Hall–Kier alpha value is -3.43. The molecule has 9 nitrogen and oxygen atoms in total. The highest BCUT2D eigenvalue weighted by molar-refractivity contribution is 6.06. The molecule has 3 aliphatic heterocycles. The zero-order valence-electron chi connectivity index (χ0n) is 24.6. The Morgan fingerprint density at radius 1 is 1.20 bits per heavy atom. The molecule has 9 heteroatoms. The molecule has 0 saturated carbocycles. The maximum absolute atomic E-state index is 13.2. The van der Waals surface area contributed by atoms with Crippen LogP contribution < -0.4 is 21.3 Å². The number of aliphatic imine (C=N–C) groups is 1.